The smallest absolute Gasteiger partial charge is 0.255 e. The van der Waals surface area contributed by atoms with Gasteiger partial charge in [0.25, 0.3) is 5.91 Å². The van der Waals surface area contributed by atoms with Gasteiger partial charge in [-0.05, 0) is 32.9 Å². The third-order valence-corrected chi connectivity index (χ3v) is 4.25. The summed E-state index contributed by atoms with van der Waals surface area (Å²) in [6.07, 6.45) is 0. The Morgan fingerprint density at radius 3 is 2.75 bits per heavy atom. The molecule has 6 heteroatoms. The molecule has 1 heterocycles. The number of hydrogen-bond acceptors (Lipinski definition) is 5. The maximum Gasteiger partial charge on any atom is 0.255 e. The van der Waals surface area contributed by atoms with E-state index in [0.717, 1.165) is 15.6 Å². The highest BCUT2D eigenvalue weighted by Crippen LogP contribution is 2.27. The predicted molar refractivity (Wildman–Crippen MR) is 80.0 cm³/mol. The number of carbonyl (C=O) groups excluding carboxylic acids is 1. The van der Waals surface area contributed by atoms with Gasteiger partial charge in [-0.25, -0.2) is 4.98 Å². The van der Waals surface area contributed by atoms with Gasteiger partial charge in [-0.3, -0.25) is 4.79 Å². The van der Waals surface area contributed by atoms with Crippen LogP contribution in [0.25, 0.3) is 0 Å². The molecular formula is C14H17N3O2S. The van der Waals surface area contributed by atoms with Crippen molar-refractivity contribution >= 4 is 22.9 Å². The molecule has 0 aliphatic heterocycles. The molecule has 1 aromatic carbocycles. The van der Waals surface area contributed by atoms with E-state index in [-0.39, 0.29) is 28.9 Å². The summed E-state index contributed by atoms with van der Waals surface area (Å²) in [7, 11) is 0. The number of phenols is 1. The molecule has 2 rings (SSSR count). The second-order valence-electron chi connectivity index (χ2n) is 4.62. The molecule has 1 amide bonds. The fraction of sp³-hybridized carbons (Fsp3) is 0.286. The molecule has 0 bridgehead atoms. The number of nitrogens with one attached hydrogen (secondary N) is 1. The molecule has 0 fully saturated rings. The molecule has 0 aliphatic rings. The lowest BCUT2D eigenvalue weighted by Crippen LogP contribution is -2.26. The number of carbonyl (C=O) groups is 1. The van der Waals surface area contributed by atoms with Crippen LogP contribution in [0.2, 0.25) is 0 Å². The number of benzene rings is 1. The first-order valence-corrected chi connectivity index (χ1v) is 7.04. The lowest BCUT2D eigenvalue weighted by molar-refractivity contribution is 0.0938. The zero-order chi connectivity index (χ0) is 14.9. The number of nitrogens with zero attached hydrogens (tertiary/aromatic N) is 1. The summed E-state index contributed by atoms with van der Waals surface area (Å²) in [4.78, 5) is 17.5. The molecule has 20 heavy (non-hydrogen) atoms. The lowest BCUT2D eigenvalue weighted by atomic mass is 10.1. The van der Waals surface area contributed by atoms with Gasteiger partial charge >= 0.3 is 0 Å². The Kier molecular flexibility index (Phi) is 3.94. The minimum absolute atomic E-state index is 0.172. The highest BCUT2D eigenvalue weighted by molar-refractivity contribution is 7.11. The number of para-hydroxylation sites is 1. The van der Waals surface area contributed by atoms with Crippen molar-refractivity contribution < 1.29 is 9.90 Å². The van der Waals surface area contributed by atoms with E-state index in [1.165, 1.54) is 0 Å². The third kappa shape index (κ3) is 2.75. The van der Waals surface area contributed by atoms with Crippen LogP contribution in [0.4, 0.5) is 5.69 Å². The van der Waals surface area contributed by atoms with Gasteiger partial charge < -0.3 is 16.2 Å². The molecule has 1 atom stereocenters. The van der Waals surface area contributed by atoms with Crippen molar-refractivity contribution in [2.45, 2.75) is 26.8 Å². The number of aryl methyl sites for hydroxylation is 2. The van der Waals surface area contributed by atoms with E-state index in [9.17, 15) is 9.90 Å². The molecule has 0 aliphatic carbocycles. The molecule has 2 aromatic rings. The van der Waals surface area contributed by atoms with Crippen LogP contribution >= 0.6 is 11.3 Å². The van der Waals surface area contributed by atoms with Crippen LogP contribution in [0, 0.1) is 13.8 Å². The number of nitrogen functional groups attached to an aromatic ring is 1. The normalized spacial score (nSPS) is 12.2. The molecule has 0 saturated carbocycles. The molecule has 5 nitrogen and oxygen atoms in total. The van der Waals surface area contributed by atoms with E-state index in [1.54, 1.807) is 29.5 Å². The minimum Gasteiger partial charge on any atom is -0.505 e. The monoisotopic (exact) mass is 291 g/mol. The summed E-state index contributed by atoms with van der Waals surface area (Å²) in [6, 6.07) is 4.55. The van der Waals surface area contributed by atoms with E-state index in [2.05, 4.69) is 10.3 Å². The van der Waals surface area contributed by atoms with Crippen LogP contribution in [0.5, 0.6) is 5.75 Å². The number of phenolic OH excluding ortho intramolecular Hbond substituents is 1. The average Bonchev–Trinajstić information content (AvgIpc) is 2.71. The number of thiazole rings is 1. The SMILES string of the molecule is Cc1nc(C)c(C(C)NC(=O)c2cccc(N)c2O)s1. The van der Waals surface area contributed by atoms with Crippen LogP contribution in [-0.2, 0) is 0 Å². The molecule has 0 saturated heterocycles. The topological polar surface area (TPSA) is 88.2 Å². The Labute approximate surface area is 121 Å². The number of aromatic hydroxyl groups is 1. The largest absolute Gasteiger partial charge is 0.505 e. The number of aromatic nitrogens is 1. The van der Waals surface area contributed by atoms with Crippen LogP contribution in [0.3, 0.4) is 0 Å². The van der Waals surface area contributed by atoms with E-state index in [0.29, 0.717) is 0 Å². The molecule has 1 unspecified atom stereocenters. The number of rotatable bonds is 3. The Hall–Kier alpha value is -2.08. The van der Waals surface area contributed by atoms with Crippen molar-refractivity contribution in [1.82, 2.24) is 10.3 Å². The summed E-state index contributed by atoms with van der Waals surface area (Å²) in [5.41, 5.74) is 6.87. The Morgan fingerprint density at radius 2 is 2.15 bits per heavy atom. The van der Waals surface area contributed by atoms with Crippen molar-refractivity contribution in [2.24, 2.45) is 0 Å². The zero-order valence-electron chi connectivity index (χ0n) is 11.6. The van der Waals surface area contributed by atoms with Gasteiger partial charge in [0.05, 0.1) is 28.0 Å². The summed E-state index contributed by atoms with van der Waals surface area (Å²) in [5, 5.41) is 13.6. The fourth-order valence-corrected chi connectivity index (χ4v) is 2.96. The summed E-state index contributed by atoms with van der Waals surface area (Å²) in [5.74, 6) is -0.540. The van der Waals surface area contributed by atoms with Gasteiger partial charge in [0.2, 0.25) is 0 Å². The van der Waals surface area contributed by atoms with Crippen molar-refractivity contribution in [3.8, 4) is 5.75 Å². The van der Waals surface area contributed by atoms with E-state index in [1.807, 2.05) is 20.8 Å². The molecule has 0 radical (unpaired) electrons. The Morgan fingerprint density at radius 1 is 1.45 bits per heavy atom. The highest BCUT2D eigenvalue weighted by Gasteiger charge is 2.18. The van der Waals surface area contributed by atoms with Gasteiger partial charge in [0.15, 0.2) is 5.75 Å². The third-order valence-electron chi connectivity index (χ3n) is 2.99. The quantitative estimate of drug-likeness (QED) is 0.599. The van der Waals surface area contributed by atoms with Crippen LogP contribution in [0.1, 0.15) is 38.9 Å². The van der Waals surface area contributed by atoms with E-state index >= 15 is 0 Å². The van der Waals surface area contributed by atoms with E-state index < -0.39 is 0 Å². The van der Waals surface area contributed by atoms with Gasteiger partial charge in [-0.15, -0.1) is 11.3 Å². The van der Waals surface area contributed by atoms with Gasteiger partial charge in [-0.2, -0.15) is 0 Å². The standard InChI is InChI=1S/C14H17N3O2S/c1-7-13(20-9(3)16-7)8(2)17-14(19)10-5-4-6-11(15)12(10)18/h4-6,8,18H,15H2,1-3H3,(H,17,19). The first-order valence-electron chi connectivity index (χ1n) is 6.22. The van der Waals surface area contributed by atoms with E-state index in [4.69, 9.17) is 5.73 Å². The highest BCUT2D eigenvalue weighted by atomic mass is 32.1. The zero-order valence-corrected chi connectivity index (χ0v) is 12.4. The van der Waals surface area contributed by atoms with Crippen molar-refractivity contribution in [3.05, 3.63) is 39.3 Å². The maximum atomic E-state index is 12.2. The summed E-state index contributed by atoms with van der Waals surface area (Å²) in [6.45, 7) is 5.74. The first kappa shape index (κ1) is 14.3. The second-order valence-corrected chi connectivity index (χ2v) is 5.86. The van der Waals surface area contributed by atoms with Gasteiger partial charge in [-0.1, -0.05) is 6.07 Å². The average molecular weight is 291 g/mol. The van der Waals surface area contributed by atoms with Crippen molar-refractivity contribution in [1.29, 1.82) is 0 Å². The second kappa shape index (κ2) is 5.50. The van der Waals surface area contributed by atoms with Crippen molar-refractivity contribution in [2.75, 3.05) is 5.73 Å². The van der Waals surface area contributed by atoms with Crippen LogP contribution < -0.4 is 11.1 Å². The Balaban J connectivity index is 2.19. The minimum atomic E-state index is -0.354. The summed E-state index contributed by atoms with van der Waals surface area (Å²) < 4.78 is 0. The Bertz CT molecular complexity index is 652. The number of hydrogen-bond donors (Lipinski definition) is 3. The van der Waals surface area contributed by atoms with Crippen molar-refractivity contribution in [3.63, 3.8) is 0 Å². The number of nitrogens with two attached hydrogens (primary N) is 1. The molecular weight excluding hydrogens is 274 g/mol. The predicted octanol–water partition coefficient (Wildman–Crippen LogP) is 2.54. The number of amides is 1. The lowest BCUT2D eigenvalue weighted by Gasteiger charge is -2.14. The maximum absolute atomic E-state index is 12.2. The summed E-state index contributed by atoms with van der Waals surface area (Å²) >= 11 is 1.55. The molecule has 0 spiro atoms. The molecule has 106 valence electrons. The van der Waals surface area contributed by atoms with Gasteiger partial charge in [0, 0.05) is 4.88 Å². The molecule has 4 N–H and O–H groups in total. The number of anilines is 1. The fourth-order valence-electron chi connectivity index (χ4n) is 2.03. The van der Waals surface area contributed by atoms with Gasteiger partial charge in [0.1, 0.15) is 0 Å². The van der Waals surface area contributed by atoms with Crippen LogP contribution in [0.15, 0.2) is 18.2 Å². The van der Waals surface area contributed by atoms with Crippen LogP contribution in [-0.4, -0.2) is 16.0 Å². The molecule has 1 aromatic heterocycles. The first-order chi connectivity index (χ1) is 9.40.